The molecule has 0 aromatic heterocycles. The number of hydrogen-bond donors (Lipinski definition) is 0. The van der Waals surface area contributed by atoms with Gasteiger partial charge < -0.3 is 10.2 Å². The topological polar surface area (TPSA) is 46.1 Å². The third-order valence-corrected chi connectivity index (χ3v) is 11.0. The van der Waals surface area contributed by atoms with Crippen LogP contribution in [0.25, 0.3) is 0 Å². The molecule has 1 radical (unpaired) electrons. The van der Waals surface area contributed by atoms with E-state index in [0.717, 1.165) is 0 Å². The van der Waals surface area contributed by atoms with Gasteiger partial charge >= 0.3 is 17.1 Å². The maximum absolute atomic E-state index is 8.93. The molecule has 2 nitrogen and oxygen atoms in total. The first-order valence-electron chi connectivity index (χ1n) is 14.8. The molecule has 0 fully saturated rings. The van der Waals surface area contributed by atoms with Gasteiger partial charge in [-0.2, -0.15) is 0 Å². The quantitative estimate of drug-likeness (QED) is 0.170. The van der Waals surface area contributed by atoms with E-state index in [0.29, 0.717) is 0 Å². The fourth-order valence-electron chi connectivity index (χ4n) is 4.36. The molecule has 0 heterocycles. The van der Waals surface area contributed by atoms with Crippen molar-refractivity contribution in [1.82, 2.24) is 0 Å². The van der Waals surface area contributed by atoms with Crippen LogP contribution in [-0.4, -0.2) is 13.2 Å². The molecule has 0 bridgehead atoms. The van der Waals surface area contributed by atoms with Crippen LogP contribution in [0, 0.1) is 0 Å². The molecule has 0 atom stereocenters. The van der Waals surface area contributed by atoms with Gasteiger partial charge in [-0.25, -0.2) is 0 Å². The van der Waals surface area contributed by atoms with Gasteiger partial charge in [-0.05, 0) is 47.7 Å². The monoisotopic (exact) mass is 677 g/mol. The van der Waals surface area contributed by atoms with Gasteiger partial charge in [0.2, 0.25) is 0 Å². The van der Waals surface area contributed by atoms with Gasteiger partial charge in [0, 0.05) is 0 Å². The molecule has 0 saturated carbocycles. The van der Waals surface area contributed by atoms with Crippen LogP contribution in [0.3, 0.4) is 0 Å². The first kappa shape index (κ1) is 37.8. The van der Waals surface area contributed by atoms with E-state index < -0.39 is 15.8 Å². The van der Waals surface area contributed by atoms with Crippen LogP contribution >= 0.6 is 15.8 Å². The Morgan fingerprint density at radius 3 is 0.533 bits per heavy atom. The Hall–Kier alpha value is -3.38. The predicted octanol–water partition coefficient (Wildman–Crippen LogP) is 5.62. The number of benzene rings is 6. The van der Waals surface area contributed by atoms with Crippen LogP contribution in [0.5, 0.6) is 0 Å². The molecular formula is C40H40CuO2P2. The van der Waals surface area contributed by atoms with Crippen molar-refractivity contribution in [3.8, 4) is 0 Å². The van der Waals surface area contributed by atoms with Crippen LogP contribution in [0.1, 0.15) is 13.8 Å². The van der Waals surface area contributed by atoms with Gasteiger partial charge in [0.25, 0.3) is 0 Å². The van der Waals surface area contributed by atoms with Crippen molar-refractivity contribution in [2.75, 3.05) is 13.2 Å². The molecule has 6 rings (SSSR count). The smallest absolute Gasteiger partial charge is 0.855 e. The van der Waals surface area contributed by atoms with E-state index in [1.54, 1.807) is 13.8 Å². The van der Waals surface area contributed by atoms with Gasteiger partial charge in [-0.1, -0.05) is 196 Å². The fraction of sp³-hybridized carbons (Fsp3) is 0.100. The van der Waals surface area contributed by atoms with Crippen molar-refractivity contribution in [3.05, 3.63) is 182 Å². The van der Waals surface area contributed by atoms with Crippen molar-refractivity contribution in [3.63, 3.8) is 0 Å². The Kier molecular flexibility index (Phi) is 19.3. The summed E-state index contributed by atoms with van der Waals surface area (Å²) in [7, 11) is -0.892. The van der Waals surface area contributed by atoms with Gasteiger partial charge in [-0.3, -0.25) is 0 Å². The molecule has 5 heteroatoms. The zero-order valence-electron chi connectivity index (χ0n) is 25.7. The first-order valence-corrected chi connectivity index (χ1v) is 17.5. The van der Waals surface area contributed by atoms with Gasteiger partial charge in [0.15, 0.2) is 0 Å². The molecular weight excluding hydrogens is 638 g/mol. The van der Waals surface area contributed by atoms with Gasteiger partial charge in [0.05, 0.1) is 0 Å². The molecule has 0 unspecified atom stereocenters. The molecule has 45 heavy (non-hydrogen) atoms. The van der Waals surface area contributed by atoms with E-state index in [1.165, 1.54) is 31.8 Å². The number of rotatable bonds is 6. The fourth-order valence-corrected chi connectivity index (χ4v) is 8.97. The molecule has 0 aliphatic carbocycles. The minimum Gasteiger partial charge on any atom is -0.855 e. The molecule has 6 aromatic rings. The molecule has 0 aliphatic heterocycles. The summed E-state index contributed by atoms with van der Waals surface area (Å²) in [6.07, 6.45) is 0. The van der Waals surface area contributed by atoms with Crippen molar-refractivity contribution in [2.45, 2.75) is 13.8 Å². The summed E-state index contributed by atoms with van der Waals surface area (Å²) in [5, 5.41) is 26.2. The minimum atomic E-state index is -0.446. The van der Waals surface area contributed by atoms with Crippen molar-refractivity contribution < 1.29 is 27.3 Å². The molecule has 0 aliphatic rings. The second-order valence-corrected chi connectivity index (χ2v) is 13.7. The largest absolute Gasteiger partial charge is 2.00 e. The maximum Gasteiger partial charge on any atom is 2.00 e. The van der Waals surface area contributed by atoms with Gasteiger partial charge in [-0.15, -0.1) is 13.2 Å². The summed E-state index contributed by atoms with van der Waals surface area (Å²) in [6.45, 7) is 3.14. The summed E-state index contributed by atoms with van der Waals surface area (Å²) in [4.78, 5) is 0. The van der Waals surface area contributed by atoms with E-state index in [1.807, 2.05) is 0 Å². The Morgan fingerprint density at radius 1 is 0.311 bits per heavy atom. The Balaban J connectivity index is 0.000000262. The Labute approximate surface area is 282 Å². The second kappa shape index (κ2) is 23.0. The predicted molar refractivity (Wildman–Crippen MR) is 191 cm³/mol. The van der Waals surface area contributed by atoms with Crippen LogP contribution < -0.4 is 42.0 Å². The van der Waals surface area contributed by atoms with Crippen LogP contribution in [0.2, 0.25) is 0 Å². The molecule has 6 aromatic carbocycles. The Bertz CT molecular complexity index is 1220. The normalized spacial score (nSPS) is 9.73. The summed E-state index contributed by atoms with van der Waals surface area (Å²) >= 11 is 0. The van der Waals surface area contributed by atoms with Crippen molar-refractivity contribution in [2.24, 2.45) is 0 Å². The van der Waals surface area contributed by atoms with E-state index in [4.69, 9.17) is 10.2 Å². The average molecular weight is 678 g/mol. The van der Waals surface area contributed by atoms with Crippen molar-refractivity contribution in [1.29, 1.82) is 0 Å². The molecule has 0 amide bonds. The third kappa shape index (κ3) is 12.9. The zero-order chi connectivity index (χ0) is 31.2. The SMILES string of the molecule is CC[O-].CC[O-].[Cu+2].c1ccc(P(c2ccccc2)c2ccccc2)cc1.c1ccc(P(c2ccccc2)c2ccccc2)cc1. The van der Waals surface area contributed by atoms with Crippen LogP contribution in [-0.2, 0) is 17.1 Å². The van der Waals surface area contributed by atoms with E-state index >= 15 is 0 Å². The Morgan fingerprint density at radius 2 is 0.422 bits per heavy atom. The van der Waals surface area contributed by atoms with Crippen molar-refractivity contribution >= 4 is 47.7 Å². The van der Waals surface area contributed by atoms with Crippen LogP contribution in [0.15, 0.2) is 182 Å². The third-order valence-electron chi connectivity index (χ3n) is 6.09. The molecule has 0 spiro atoms. The number of hydrogen-bond acceptors (Lipinski definition) is 2. The first-order chi connectivity index (χ1) is 21.7. The standard InChI is InChI=1S/2C18H15P.2C2H5O.Cu/c2*1-4-10-16(11-5-1)19(17-12-6-2-7-13-17)18-14-8-3-9-15-18;2*1-2-3;/h2*1-15H;2*2H2,1H3;/q;;2*-1;+2. The molecule has 0 saturated heterocycles. The molecule has 233 valence electrons. The summed E-state index contributed by atoms with van der Waals surface area (Å²) < 4.78 is 0. The van der Waals surface area contributed by atoms with E-state index in [9.17, 15) is 0 Å². The minimum absolute atomic E-state index is 0. The van der Waals surface area contributed by atoms with E-state index in [2.05, 4.69) is 182 Å². The maximum atomic E-state index is 8.93. The average Bonchev–Trinajstić information content (AvgIpc) is 3.09. The molecule has 0 N–H and O–H groups in total. The van der Waals surface area contributed by atoms with Crippen LogP contribution in [0.4, 0.5) is 0 Å². The summed E-state index contributed by atoms with van der Waals surface area (Å²) in [6, 6.07) is 64.7. The summed E-state index contributed by atoms with van der Waals surface area (Å²) in [5.41, 5.74) is 0. The summed E-state index contributed by atoms with van der Waals surface area (Å²) in [5.74, 6) is 0. The van der Waals surface area contributed by atoms with Gasteiger partial charge in [0.1, 0.15) is 0 Å². The second-order valence-electron chi connectivity index (χ2n) is 9.26. The zero-order valence-corrected chi connectivity index (χ0v) is 28.5. The van der Waals surface area contributed by atoms with E-state index in [-0.39, 0.29) is 30.3 Å².